The van der Waals surface area contributed by atoms with Crippen molar-refractivity contribution in [3.05, 3.63) is 181 Å². The van der Waals surface area contributed by atoms with Crippen LogP contribution in [0, 0.1) is 0 Å². The minimum absolute atomic E-state index is 0.00561. The summed E-state index contributed by atoms with van der Waals surface area (Å²) in [4.78, 5) is 9.84. The largest absolute Gasteiger partial charge is 0.457 e. The third-order valence-electron chi connectivity index (χ3n) is 12.4. The molecule has 10 aromatic rings. The molecule has 3 aromatic heterocycles. The molecule has 6 heteroatoms. The molecule has 4 heterocycles. The average Bonchev–Trinajstić information content (AvgIpc) is 3.95. The van der Waals surface area contributed by atoms with E-state index in [9.17, 15) is 0 Å². The minimum atomic E-state index is -0.00561. The number of rotatable bonds is 6. The lowest BCUT2D eigenvalue weighted by Crippen LogP contribution is -2.26. The summed E-state index contributed by atoms with van der Waals surface area (Å²) >= 11 is 0. The number of ether oxygens (including phenoxy) is 1. The number of hydrogen-bond donors (Lipinski definition) is 0. The van der Waals surface area contributed by atoms with Gasteiger partial charge in [0.15, 0.2) is 5.58 Å². The van der Waals surface area contributed by atoms with Crippen LogP contribution in [0.2, 0.25) is 0 Å². The van der Waals surface area contributed by atoms with Crippen molar-refractivity contribution < 1.29 is 9.15 Å². The number of furan rings is 1. The Morgan fingerprint density at radius 2 is 1.29 bits per heavy atom. The summed E-state index contributed by atoms with van der Waals surface area (Å²) in [5, 5.41) is 4.36. The standard InChI is InChI=1S/C56H48N4O2/c1-55(2,3)39-25-22-36(23-26-39)38-30-31-57-51(32-38)60-49-34-42(27-28-44(49)54-53(60)52-43-17-8-7-14-37(43)24-29-50(52)62-54)61-41-16-13-15-40(33-41)58-35-59(48-21-12-11-20-47(48)58)46-19-10-9-18-45(46)56(4,5)6/h7-34H,35H2,1-6H3. The van der Waals surface area contributed by atoms with Gasteiger partial charge in [-0.25, -0.2) is 4.98 Å². The summed E-state index contributed by atoms with van der Waals surface area (Å²) in [6, 6.07) is 58.0. The Labute approximate surface area is 362 Å². The highest BCUT2D eigenvalue weighted by atomic mass is 16.5. The molecular weight excluding hydrogens is 761 g/mol. The first kappa shape index (κ1) is 37.7. The Balaban J connectivity index is 1.01. The van der Waals surface area contributed by atoms with E-state index >= 15 is 0 Å². The highest BCUT2D eigenvalue weighted by Gasteiger charge is 2.31. The third-order valence-corrected chi connectivity index (χ3v) is 12.4. The van der Waals surface area contributed by atoms with Gasteiger partial charge in [-0.2, -0.15) is 0 Å². The van der Waals surface area contributed by atoms with E-state index in [1.807, 2.05) is 18.3 Å². The molecule has 0 amide bonds. The fourth-order valence-electron chi connectivity index (χ4n) is 9.28. The molecule has 7 aromatic carbocycles. The van der Waals surface area contributed by atoms with Crippen LogP contribution in [-0.2, 0) is 10.8 Å². The molecule has 0 aliphatic carbocycles. The molecule has 0 saturated carbocycles. The van der Waals surface area contributed by atoms with Crippen molar-refractivity contribution in [1.29, 1.82) is 0 Å². The van der Waals surface area contributed by atoms with Crippen molar-refractivity contribution in [2.75, 3.05) is 16.5 Å². The SMILES string of the molecule is CC(C)(C)c1ccc(-c2ccnc(-n3c4cc(Oc5cccc(N6CN(c7ccccc7C(C)(C)C)c7ccccc76)c5)ccc4c4oc5ccc6ccccc6c5c43)c2)cc1. The van der Waals surface area contributed by atoms with E-state index in [1.165, 1.54) is 22.5 Å². The second-order valence-corrected chi connectivity index (χ2v) is 18.5. The van der Waals surface area contributed by atoms with E-state index in [-0.39, 0.29) is 10.8 Å². The van der Waals surface area contributed by atoms with E-state index in [4.69, 9.17) is 14.1 Å². The zero-order valence-corrected chi connectivity index (χ0v) is 36.0. The average molecular weight is 809 g/mol. The molecule has 0 N–H and O–H groups in total. The first-order valence-corrected chi connectivity index (χ1v) is 21.5. The van der Waals surface area contributed by atoms with Crippen LogP contribution in [0.5, 0.6) is 11.5 Å². The fraction of sp³-hybridized carbons (Fsp3) is 0.161. The summed E-state index contributed by atoms with van der Waals surface area (Å²) in [6.45, 7) is 14.3. The predicted molar refractivity (Wildman–Crippen MR) is 257 cm³/mol. The second-order valence-electron chi connectivity index (χ2n) is 18.5. The zero-order chi connectivity index (χ0) is 42.3. The molecule has 0 atom stereocenters. The summed E-state index contributed by atoms with van der Waals surface area (Å²) in [5.41, 5.74) is 13.2. The summed E-state index contributed by atoms with van der Waals surface area (Å²) < 4.78 is 15.8. The van der Waals surface area contributed by atoms with Crippen LogP contribution < -0.4 is 14.5 Å². The molecular formula is C56H48N4O2. The molecule has 11 rings (SSSR count). The van der Waals surface area contributed by atoms with Gasteiger partial charge in [0.05, 0.1) is 22.3 Å². The van der Waals surface area contributed by atoms with Crippen LogP contribution in [0.1, 0.15) is 52.7 Å². The van der Waals surface area contributed by atoms with Crippen LogP contribution in [0.25, 0.3) is 60.7 Å². The number of nitrogens with zero attached hydrogens (tertiary/aromatic N) is 4. The van der Waals surface area contributed by atoms with E-state index < -0.39 is 0 Å². The van der Waals surface area contributed by atoms with Gasteiger partial charge in [-0.05, 0) is 105 Å². The third kappa shape index (κ3) is 6.28. The Hall–Kier alpha value is -7.31. The van der Waals surface area contributed by atoms with Gasteiger partial charge in [-0.15, -0.1) is 0 Å². The van der Waals surface area contributed by atoms with Gasteiger partial charge in [0, 0.05) is 35.1 Å². The maximum atomic E-state index is 6.80. The Kier molecular flexibility index (Phi) is 8.59. The van der Waals surface area contributed by atoms with Crippen molar-refractivity contribution in [2.45, 2.75) is 52.4 Å². The molecule has 0 radical (unpaired) electrons. The summed E-state index contributed by atoms with van der Waals surface area (Å²) in [7, 11) is 0. The molecule has 304 valence electrons. The lowest BCUT2D eigenvalue weighted by molar-refractivity contribution is 0.483. The van der Waals surface area contributed by atoms with Gasteiger partial charge < -0.3 is 19.0 Å². The van der Waals surface area contributed by atoms with Crippen molar-refractivity contribution >= 4 is 66.5 Å². The first-order valence-electron chi connectivity index (χ1n) is 21.5. The predicted octanol–water partition coefficient (Wildman–Crippen LogP) is 15.4. The maximum absolute atomic E-state index is 6.80. The highest BCUT2D eigenvalue weighted by molar-refractivity contribution is 6.24. The number of hydrogen-bond acceptors (Lipinski definition) is 5. The van der Waals surface area contributed by atoms with Gasteiger partial charge >= 0.3 is 0 Å². The number of aromatic nitrogens is 2. The monoisotopic (exact) mass is 808 g/mol. The Morgan fingerprint density at radius 1 is 0.565 bits per heavy atom. The number of pyridine rings is 1. The highest BCUT2D eigenvalue weighted by Crippen LogP contribution is 2.48. The molecule has 6 nitrogen and oxygen atoms in total. The van der Waals surface area contributed by atoms with Gasteiger partial charge in [0.25, 0.3) is 0 Å². The van der Waals surface area contributed by atoms with Crippen LogP contribution in [0.15, 0.2) is 174 Å². The summed E-state index contributed by atoms with van der Waals surface area (Å²) in [6.07, 6.45) is 1.91. The van der Waals surface area contributed by atoms with E-state index in [2.05, 4.69) is 208 Å². The Morgan fingerprint density at radius 3 is 2.08 bits per heavy atom. The molecule has 1 aliphatic rings. The van der Waals surface area contributed by atoms with Gasteiger partial charge in [-0.3, -0.25) is 4.57 Å². The van der Waals surface area contributed by atoms with E-state index in [0.717, 1.165) is 83.6 Å². The van der Waals surface area contributed by atoms with E-state index in [0.29, 0.717) is 6.67 Å². The van der Waals surface area contributed by atoms with Crippen molar-refractivity contribution in [3.63, 3.8) is 0 Å². The Bertz CT molecular complexity index is 3340. The lowest BCUT2D eigenvalue weighted by atomic mass is 9.85. The smallest absolute Gasteiger partial charge is 0.161 e. The molecule has 0 spiro atoms. The molecule has 0 bridgehead atoms. The number of anilines is 4. The van der Waals surface area contributed by atoms with Crippen molar-refractivity contribution in [2.24, 2.45) is 0 Å². The quantitative estimate of drug-likeness (QED) is 0.167. The number of benzene rings is 7. The summed E-state index contributed by atoms with van der Waals surface area (Å²) in [5.74, 6) is 2.29. The van der Waals surface area contributed by atoms with Crippen molar-refractivity contribution in [3.8, 4) is 28.4 Å². The molecule has 0 fully saturated rings. The van der Waals surface area contributed by atoms with Gasteiger partial charge in [0.1, 0.15) is 35.1 Å². The number of fused-ring (bicyclic) bond motifs is 8. The van der Waals surface area contributed by atoms with Crippen LogP contribution in [-0.4, -0.2) is 16.2 Å². The molecule has 0 unspecified atom stereocenters. The lowest BCUT2D eigenvalue weighted by Gasteiger charge is -2.29. The minimum Gasteiger partial charge on any atom is -0.457 e. The molecule has 0 saturated heterocycles. The van der Waals surface area contributed by atoms with Crippen molar-refractivity contribution in [1.82, 2.24) is 9.55 Å². The van der Waals surface area contributed by atoms with E-state index in [1.54, 1.807) is 0 Å². The van der Waals surface area contributed by atoms with Crippen LogP contribution in [0.4, 0.5) is 22.7 Å². The number of para-hydroxylation sites is 3. The molecule has 1 aliphatic heterocycles. The second kappa shape index (κ2) is 14.1. The zero-order valence-electron chi connectivity index (χ0n) is 36.0. The topological polar surface area (TPSA) is 46.7 Å². The maximum Gasteiger partial charge on any atom is 0.161 e. The normalized spacial score (nSPS) is 13.2. The first-order chi connectivity index (χ1) is 30.0. The van der Waals surface area contributed by atoms with Crippen LogP contribution >= 0.6 is 0 Å². The van der Waals surface area contributed by atoms with Gasteiger partial charge in [0.2, 0.25) is 0 Å². The fourth-order valence-corrected chi connectivity index (χ4v) is 9.28. The molecule has 62 heavy (non-hydrogen) atoms. The van der Waals surface area contributed by atoms with Gasteiger partial charge in [-0.1, -0.05) is 133 Å². The van der Waals surface area contributed by atoms with Crippen LogP contribution in [0.3, 0.4) is 0 Å².